The summed E-state index contributed by atoms with van der Waals surface area (Å²) < 4.78 is 1.61. The lowest BCUT2D eigenvalue weighted by molar-refractivity contribution is -0.705. The van der Waals surface area contributed by atoms with Crippen molar-refractivity contribution in [1.82, 2.24) is 0 Å². The third kappa shape index (κ3) is 3.62. The molecule has 0 unspecified atom stereocenters. The summed E-state index contributed by atoms with van der Waals surface area (Å²) in [6.07, 6.45) is 3.18. The Labute approximate surface area is 126 Å². The van der Waals surface area contributed by atoms with Crippen molar-refractivity contribution in [2.75, 3.05) is 5.32 Å². The van der Waals surface area contributed by atoms with Gasteiger partial charge in [-0.25, -0.2) is 0 Å². The maximum absolute atomic E-state index is 12.1. The van der Waals surface area contributed by atoms with Crippen LogP contribution in [-0.4, -0.2) is 11.0 Å². The van der Waals surface area contributed by atoms with Crippen LogP contribution in [0, 0.1) is 0 Å². The third-order valence-corrected chi connectivity index (χ3v) is 3.20. The molecule has 4 nitrogen and oxygen atoms in total. The summed E-state index contributed by atoms with van der Waals surface area (Å²) in [5.74, 6) is -0.142. The molecule has 1 amide bonds. The number of rotatable bonds is 3. The van der Waals surface area contributed by atoms with Crippen molar-refractivity contribution in [3.63, 3.8) is 0 Å². The molecule has 0 saturated carbocycles. The van der Waals surface area contributed by atoms with E-state index in [2.05, 4.69) is 5.32 Å². The number of nitrogens with one attached hydrogen (secondary N) is 1. The van der Waals surface area contributed by atoms with Gasteiger partial charge in [-0.2, -0.15) is 4.57 Å². The van der Waals surface area contributed by atoms with Gasteiger partial charge in [-0.15, -0.1) is 0 Å². The number of pyridine rings is 1. The predicted molar refractivity (Wildman–Crippen MR) is 78.1 cm³/mol. The molecule has 0 bridgehead atoms. The van der Waals surface area contributed by atoms with Crippen molar-refractivity contribution in [1.29, 1.82) is 0 Å². The first kappa shape index (κ1) is 14.6. The highest BCUT2D eigenvalue weighted by molar-refractivity contribution is 6.35. The Bertz CT molecular complexity index is 627. The van der Waals surface area contributed by atoms with Gasteiger partial charge in [-0.3, -0.25) is 4.79 Å². The fourth-order valence-electron chi connectivity index (χ4n) is 1.73. The maximum Gasteiger partial charge on any atom is 0.293 e. The monoisotopic (exact) mass is 311 g/mol. The van der Waals surface area contributed by atoms with Gasteiger partial charge < -0.3 is 10.4 Å². The molecule has 2 N–H and O–H groups in total. The van der Waals surface area contributed by atoms with Crippen molar-refractivity contribution in [3.8, 4) is 5.75 Å². The minimum Gasteiger partial charge on any atom is -0.503 e. The number of aromatic hydroxyl groups is 1. The predicted octanol–water partition coefficient (Wildman–Crippen LogP) is 3.19. The zero-order chi connectivity index (χ0) is 14.7. The number of hydrogen-bond acceptors (Lipinski definition) is 2. The highest BCUT2D eigenvalue weighted by Crippen LogP contribution is 2.22. The summed E-state index contributed by atoms with van der Waals surface area (Å²) >= 11 is 11.8. The Hall–Kier alpha value is -1.78. The number of halogens is 2. The van der Waals surface area contributed by atoms with Gasteiger partial charge in [0, 0.05) is 28.7 Å². The Morgan fingerprint density at radius 3 is 2.55 bits per heavy atom. The smallest absolute Gasteiger partial charge is 0.293 e. The maximum atomic E-state index is 12.1. The lowest BCUT2D eigenvalue weighted by atomic mass is 10.2. The van der Waals surface area contributed by atoms with Crippen molar-refractivity contribution in [2.24, 2.45) is 0 Å². The van der Waals surface area contributed by atoms with Gasteiger partial charge in [-0.1, -0.05) is 23.2 Å². The van der Waals surface area contributed by atoms with E-state index in [0.717, 1.165) is 0 Å². The molecule has 2 aromatic rings. The van der Waals surface area contributed by atoms with Crippen molar-refractivity contribution in [2.45, 2.75) is 13.0 Å². The Morgan fingerprint density at radius 1 is 1.30 bits per heavy atom. The first-order valence-corrected chi connectivity index (χ1v) is 6.68. The van der Waals surface area contributed by atoms with E-state index in [-0.39, 0.29) is 11.7 Å². The lowest BCUT2D eigenvalue weighted by Crippen LogP contribution is -2.43. The van der Waals surface area contributed by atoms with Crippen LogP contribution in [0.1, 0.15) is 13.0 Å². The van der Waals surface area contributed by atoms with Gasteiger partial charge in [0.15, 0.2) is 11.9 Å². The molecule has 0 spiro atoms. The summed E-state index contributed by atoms with van der Waals surface area (Å²) in [6, 6.07) is 7.54. The summed E-state index contributed by atoms with van der Waals surface area (Å²) in [7, 11) is 0. The van der Waals surface area contributed by atoms with Gasteiger partial charge >= 0.3 is 0 Å². The van der Waals surface area contributed by atoms with Crippen molar-refractivity contribution >= 4 is 34.8 Å². The van der Waals surface area contributed by atoms with Crippen LogP contribution in [0.4, 0.5) is 5.69 Å². The van der Waals surface area contributed by atoms with Gasteiger partial charge in [0.25, 0.3) is 5.91 Å². The fourth-order valence-corrected chi connectivity index (χ4v) is 2.25. The van der Waals surface area contributed by atoms with E-state index in [1.54, 1.807) is 42.0 Å². The Balaban J connectivity index is 2.15. The minimum absolute atomic E-state index is 0.0953. The number of nitrogens with zero attached hydrogens (tertiary/aromatic N) is 1. The molecule has 1 heterocycles. The highest BCUT2D eigenvalue weighted by Gasteiger charge is 2.22. The molecule has 2 rings (SSSR count). The van der Waals surface area contributed by atoms with Crippen LogP contribution in [0.15, 0.2) is 42.7 Å². The molecular weight excluding hydrogens is 299 g/mol. The van der Waals surface area contributed by atoms with E-state index in [4.69, 9.17) is 23.2 Å². The second-order valence-corrected chi connectivity index (χ2v) is 5.21. The topological polar surface area (TPSA) is 53.2 Å². The van der Waals surface area contributed by atoms with Crippen LogP contribution in [0.3, 0.4) is 0 Å². The second kappa shape index (κ2) is 6.11. The molecule has 0 saturated heterocycles. The molecule has 0 radical (unpaired) electrons. The van der Waals surface area contributed by atoms with E-state index in [1.807, 2.05) is 0 Å². The highest BCUT2D eigenvalue weighted by atomic mass is 35.5. The number of carbonyl (C=O) groups excluding carboxylic acids is 1. The van der Waals surface area contributed by atoms with E-state index >= 15 is 0 Å². The lowest BCUT2D eigenvalue weighted by Gasteiger charge is -2.09. The zero-order valence-corrected chi connectivity index (χ0v) is 12.2. The summed E-state index contributed by atoms with van der Waals surface area (Å²) in [4.78, 5) is 12.1. The number of anilines is 1. The zero-order valence-electron chi connectivity index (χ0n) is 10.7. The SMILES string of the molecule is C[C@H](C(=O)Nc1cc(Cl)cc(Cl)c1)[n+]1cccc(O)c1. The summed E-state index contributed by atoms with van der Waals surface area (Å²) in [5.41, 5.74) is 0.528. The van der Waals surface area contributed by atoms with E-state index < -0.39 is 6.04 Å². The number of aromatic nitrogens is 1. The molecule has 0 aliphatic heterocycles. The fraction of sp³-hybridized carbons (Fsp3) is 0.143. The van der Waals surface area contributed by atoms with Crippen LogP contribution < -0.4 is 9.88 Å². The van der Waals surface area contributed by atoms with Crippen LogP contribution >= 0.6 is 23.2 Å². The number of carbonyl (C=O) groups is 1. The van der Waals surface area contributed by atoms with Gasteiger partial charge in [-0.05, 0) is 24.3 Å². The van der Waals surface area contributed by atoms with Gasteiger partial charge in [0.2, 0.25) is 12.2 Å². The molecule has 20 heavy (non-hydrogen) atoms. The molecule has 0 aliphatic rings. The van der Waals surface area contributed by atoms with E-state index in [9.17, 15) is 9.90 Å². The van der Waals surface area contributed by atoms with Crippen LogP contribution in [0.25, 0.3) is 0 Å². The van der Waals surface area contributed by atoms with Gasteiger partial charge in [0.1, 0.15) is 0 Å². The number of amides is 1. The van der Waals surface area contributed by atoms with Crippen LogP contribution in [0.5, 0.6) is 5.75 Å². The Kier molecular flexibility index (Phi) is 4.47. The third-order valence-electron chi connectivity index (χ3n) is 2.76. The number of benzene rings is 1. The summed E-state index contributed by atoms with van der Waals surface area (Å²) in [5, 5.41) is 13.0. The largest absolute Gasteiger partial charge is 0.503 e. The standard InChI is InChI=1S/C14H12Cl2N2O2/c1-9(18-4-2-3-13(19)8-18)14(20)17-12-6-10(15)5-11(16)7-12/h2-9H,1H3,(H-,17,19,20)/p+1/t9-/m1/s1. The molecule has 104 valence electrons. The molecule has 0 aliphatic carbocycles. The van der Waals surface area contributed by atoms with E-state index in [0.29, 0.717) is 15.7 Å². The molecule has 6 heteroatoms. The first-order chi connectivity index (χ1) is 9.45. The van der Waals surface area contributed by atoms with Gasteiger partial charge in [0.05, 0.1) is 0 Å². The minimum atomic E-state index is -0.486. The average Bonchev–Trinajstić information content (AvgIpc) is 2.36. The Morgan fingerprint density at radius 2 is 1.95 bits per heavy atom. The van der Waals surface area contributed by atoms with Crippen LogP contribution in [0.2, 0.25) is 10.0 Å². The summed E-state index contributed by atoms with van der Waals surface area (Å²) in [6.45, 7) is 1.72. The first-order valence-electron chi connectivity index (χ1n) is 5.92. The normalized spacial score (nSPS) is 11.9. The molecule has 1 aromatic heterocycles. The average molecular weight is 312 g/mol. The van der Waals surface area contributed by atoms with E-state index in [1.165, 1.54) is 12.3 Å². The molecular formula is C14H13Cl2N2O2+. The quantitative estimate of drug-likeness (QED) is 0.855. The molecule has 1 aromatic carbocycles. The van der Waals surface area contributed by atoms with Crippen molar-refractivity contribution in [3.05, 3.63) is 52.8 Å². The second-order valence-electron chi connectivity index (χ2n) is 4.33. The number of hydrogen-bond donors (Lipinski definition) is 2. The van der Waals surface area contributed by atoms with Crippen molar-refractivity contribution < 1.29 is 14.5 Å². The molecule has 1 atom stereocenters. The van der Waals surface area contributed by atoms with Crippen LogP contribution in [-0.2, 0) is 4.79 Å². The molecule has 0 fully saturated rings.